The van der Waals surface area contributed by atoms with E-state index in [2.05, 4.69) is 68.5 Å². The van der Waals surface area contributed by atoms with Gasteiger partial charge in [0.2, 0.25) is 0 Å². The highest BCUT2D eigenvalue weighted by Gasteiger charge is 2.23. The van der Waals surface area contributed by atoms with E-state index in [1.165, 1.54) is 114 Å². The summed E-state index contributed by atoms with van der Waals surface area (Å²) in [6.45, 7) is 4.66. The van der Waals surface area contributed by atoms with Gasteiger partial charge in [0.15, 0.2) is 0 Å². The molecule has 0 fully saturated rings. The van der Waals surface area contributed by atoms with Crippen LogP contribution in [0, 0.1) is 0 Å². The number of rotatable bonds is 19. The molecule has 0 spiro atoms. The highest BCUT2D eigenvalue weighted by atomic mass is 28.2. The lowest BCUT2D eigenvalue weighted by Gasteiger charge is -2.13. The summed E-state index contributed by atoms with van der Waals surface area (Å²) in [5, 5.41) is 3.03. The van der Waals surface area contributed by atoms with E-state index in [1.54, 1.807) is 21.9 Å². The number of benzene rings is 2. The smallest absolute Gasteiger partial charge is 0.0775 e. The molecule has 2 radical (unpaired) electrons. The molecule has 0 saturated heterocycles. The predicted octanol–water partition coefficient (Wildman–Crippen LogP) is 9.98. The van der Waals surface area contributed by atoms with Crippen LogP contribution >= 0.6 is 0 Å². The predicted molar refractivity (Wildman–Crippen MR) is 158 cm³/mol. The first kappa shape index (κ1) is 28.0. The van der Waals surface area contributed by atoms with E-state index >= 15 is 0 Å². The number of aryl methyl sites for hydroxylation is 1. The Labute approximate surface area is 219 Å². The molecule has 3 rings (SSSR count). The van der Waals surface area contributed by atoms with Crippen LogP contribution in [0.2, 0.25) is 0 Å². The fourth-order valence-corrected chi connectivity index (χ4v) is 7.04. The minimum Gasteiger partial charge on any atom is -0.0775 e. The highest BCUT2D eigenvalue weighted by Crippen LogP contribution is 2.37. The van der Waals surface area contributed by atoms with Crippen LogP contribution < -0.4 is 5.19 Å². The van der Waals surface area contributed by atoms with Crippen molar-refractivity contribution in [1.82, 2.24) is 0 Å². The van der Waals surface area contributed by atoms with Crippen molar-refractivity contribution in [3.63, 3.8) is 0 Å². The summed E-state index contributed by atoms with van der Waals surface area (Å²) in [4.78, 5) is 0. The molecule has 1 aliphatic rings. The molecule has 2 aromatic carbocycles. The molecule has 0 aliphatic heterocycles. The van der Waals surface area contributed by atoms with Gasteiger partial charge in [0.05, 0.1) is 0 Å². The van der Waals surface area contributed by atoms with Crippen LogP contribution in [0.25, 0.3) is 5.20 Å². The molecule has 0 bridgehead atoms. The van der Waals surface area contributed by atoms with Crippen LogP contribution in [0.3, 0.4) is 0 Å². The summed E-state index contributed by atoms with van der Waals surface area (Å²) < 4.78 is 0. The first-order valence-corrected chi connectivity index (χ1v) is 16.0. The molecule has 0 saturated carbocycles. The maximum atomic E-state index is 2.52. The molecule has 1 atom stereocenters. The summed E-state index contributed by atoms with van der Waals surface area (Å²) in [7, 11) is 0.772. The second-order valence-electron chi connectivity index (χ2n) is 10.8. The molecule has 1 heteroatoms. The van der Waals surface area contributed by atoms with Gasteiger partial charge in [-0.2, -0.15) is 0 Å². The van der Waals surface area contributed by atoms with E-state index in [1.807, 2.05) is 0 Å². The SMILES string of the molecule is CCCCCCCCCCCCCCCCCCc1cccc2c1C([Si]c1ccccc1)=CC2C. The molecular weight excluding hydrogens is 436 g/mol. The van der Waals surface area contributed by atoms with Gasteiger partial charge in [0, 0.05) is 0 Å². The first-order valence-electron chi connectivity index (χ1n) is 15.0. The van der Waals surface area contributed by atoms with Crippen molar-refractivity contribution < 1.29 is 0 Å². The molecule has 1 unspecified atom stereocenters. The lowest BCUT2D eigenvalue weighted by Crippen LogP contribution is -2.15. The van der Waals surface area contributed by atoms with Gasteiger partial charge in [0.25, 0.3) is 0 Å². The van der Waals surface area contributed by atoms with Gasteiger partial charge in [-0.15, -0.1) is 0 Å². The summed E-state index contributed by atoms with van der Waals surface area (Å²) in [5.74, 6) is 0.557. The average Bonchev–Trinajstić information content (AvgIpc) is 3.20. The number of unbranched alkanes of at least 4 members (excludes halogenated alkanes) is 15. The van der Waals surface area contributed by atoms with Gasteiger partial charge in [-0.3, -0.25) is 0 Å². The van der Waals surface area contributed by atoms with Crippen LogP contribution in [0.4, 0.5) is 0 Å². The number of hydrogen-bond acceptors (Lipinski definition) is 0. The summed E-state index contributed by atoms with van der Waals surface area (Å²) in [6, 6.07) is 18.1. The number of hydrogen-bond donors (Lipinski definition) is 0. The first-order chi connectivity index (χ1) is 17.3. The minimum absolute atomic E-state index is 0.557. The van der Waals surface area contributed by atoms with E-state index in [-0.39, 0.29) is 0 Å². The lowest BCUT2D eigenvalue weighted by atomic mass is 9.95. The van der Waals surface area contributed by atoms with Crippen molar-refractivity contribution in [1.29, 1.82) is 0 Å². The van der Waals surface area contributed by atoms with E-state index in [0.29, 0.717) is 5.92 Å². The van der Waals surface area contributed by atoms with Gasteiger partial charge in [-0.1, -0.05) is 175 Å². The third kappa shape index (κ3) is 10.1. The topological polar surface area (TPSA) is 0 Å². The fourth-order valence-electron chi connectivity index (χ4n) is 5.60. The Morgan fingerprint density at radius 3 is 1.71 bits per heavy atom. The standard InChI is InChI=1S/C34H50Si/c1-3-4-5-6-7-8-9-10-11-12-13-14-15-16-17-19-23-30-24-22-27-32-29(2)28-33(34(30)32)35-31-25-20-18-21-26-31/h18,20-22,24-29H,3-17,19,23H2,1-2H3. The molecule has 35 heavy (non-hydrogen) atoms. The fraction of sp³-hybridized carbons (Fsp3) is 0.588. The third-order valence-corrected chi connectivity index (χ3v) is 9.02. The van der Waals surface area contributed by atoms with Crippen LogP contribution in [0.5, 0.6) is 0 Å². The Morgan fingerprint density at radius 2 is 1.14 bits per heavy atom. The van der Waals surface area contributed by atoms with Crippen LogP contribution in [0.1, 0.15) is 139 Å². The van der Waals surface area contributed by atoms with E-state index < -0.39 is 0 Å². The van der Waals surface area contributed by atoms with Crippen LogP contribution in [0.15, 0.2) is 54.6 Å². The van der Waals surface area contributed by atoms with Crippen molar-refractivity contribution in [2.24, 2.45) is 0 Å². The Morgan fingerprint density at radius 1 is 0.600 bits per heavy atom. The van der Waals surface area contributed by atoms with Gasteiger partial charge in [-0.25, -0.2) is 0 Å². The second-order valence-corrected chi connectivity index (χ2v) is 12.2. The van der Waals surface area contributed by atoms with Crippen molar-refractivity contribution in [3.8, 4) is 0 Å². The van der Waals surface area contributed by atoms with Crippen LogP contribution in [-0.2, 0) is 6.42 Å². The molecule has 1 aliphatic carbocycles. The minimum atomic E-state index is 0.557. The average molecular weight is 487 g/mol. The largest absolute Gasteiger partial charge is 0.121 e. The molecular formula is C34H50Si. The quantitative estimate of drug-likeness (QED) is 0.137. The zero-order chi connectivity index (χ0) is 24.6. The maximum Gasteiger partial charge on any atom is 0.121 e. The summed E-state index contributed by atoms with van der Waals surface area (Å²) in [6.07, 6.45) is 26.7. The van der Waals surface area contributed by atoms with Gasteiger partial charge in [0.1, 0.15) is 9.52 Å². The Balaban J connectivity index is 1.25. The summed E-state index contributed by atoms with van der Waals surface area (Å²) >= 11 is 0. The Kier molecular flexibility index (Phi) is 13.6. The van der Waals surface area contributed by atoms with Crippen molar-refractivity contribution in [2.45, 2.75) is 129 Å². The number of fused-ring (bicyclic) bond motifs is 1. The van der Waals surface area contributed by atoms with Crippen molar-refractivity contribution in [3.05, 3.63) is 71.3 Å². The van der Waals surface area contributed by atoms with Crippen molar-refractivity contribution in [2.75, 3.05) is 0 Å². The molecule has 0 amide bonds. The zero-order valence-electron chi connectivity index (χ0n) is 22.8. The molecule has 2 aromatic rings. The zero-order valence-corrected chi connectivity index (χ0v) is 23.8. The maximum absolute atomic E-state index is 2.52. The molecule has 0 N–H and O–H groups in total. The van der Waals surface area contributed by atoms with E-state index in [9.17, 15) is 0 Å². The Hall–Kier alpha value is -1.60. The highest BCUT2D eigenvalue weighted by molar-refractivity contribution is 6.73. The van der Waals surface area contributed by atoms with Gasteiger partial charge in [-0.05, 0) is 35.4 Å². The van der Waals surface area contributed by atoms with Crippen LogP contribution in [-0.4, -0.2) is 9.52 Å². The molecule has 0 nitrogen and oxygen atoms in total. The van der Waals surface area contributed by atoms with Crippen molar-refractivity contribution >= 4 is 19.9 Å². The molecule has 0 heterocycles. The third-order valence-electron chi connectivity index (χ3n) is 7.71. The lowest BCUT2D eigenvalue weighted by molar-refractivity contribution is 0.529. The molecule has 0 aromatic heterocycles. The number of allylic oxidation sites excluding steroid dienone is 1. The second kappa shape index (κ2) is 17.0. The summed E-state index contributed by atoms with van der Waals surface area (Å²) in [5.41, 5.74) is 4.73. The monoisotopic (exact) mass is 486 g/mol. The molecule has 190 valence electrons. The van der Waals surface area contributed by atoms with Gasteiger partial charge >= 0.3 is 0 Å². The van der Waals surface area contributed by atoms with Gasteiger partial charge < -0.3 is 0 Å². The normalized spacial score (nSPS) is 14.8. The van der Waals surface area contributed by atoms with E-state index in [4.69, 9.17) is 0 Å². The van der Waals surface area contributed by atoms with E-state index in [0.717, 1.165) is 9.52 Å². The Bertz CT molecular complexity index is 850.